The Morgan fingerprint density at radius 1 is 1.50 bits per heavy atom. The van der Waals surface area contributed by atoms with Crippen molar-refractivity contribution in [3.05, 3.63) is 17.0 Å². The lowest BCUT2D eigenvalue weighted by Crippen LogP contribution is -2.45. The third-order valence-electron chi connectivity index (χ3n) is 3.40. The number of sulfonamides is 1. The summed E-state index contributed by atoms with van der Waals surface area (Å²) in [7, 11) is -3.43. The highest BCUT2D eigenvalue weighted by Crippen LogP contribution is 2.27. The Bertz CT molecular complexity index is 603. The Kier molecular flexibility index (Phi) is 7.27. The number of rotatable bonds is 5. The molecular weight excluding hydrogens is 346 g/mol. The summed E-state index contributed by atoms with van der Waals surface area (Å²) in [6.45, 7) is 2.91. The second-order valence-electron chi connectivity index (χ2n) is 5.22. The van der Waals surface area contributed by atoms with Crippen LogP contribution in [0.2, 0.25) is 0 Å². The normalized spacial score (nSPS) is 19.5. The third kappa shape index (κ3) is 4.92. The molecule has 0 radical (unpaired) electrons. The Balaban J connectivity index is 0.00000242. The lowest BCUT2D eigenvalue weighted by molar-refractivity contribution is -0.118. The maximum atomic E-state index is 12.5. The quantitative estimate of drug-likeness (QED) is 0.810. The van der Waals surface area contributed by atoms with Crippen LogP contribution in [0.25, 0.3) is 0 Å². The molecule has 0 aliphatic carbocycles. The monoisotopic (exact) mass is 367 g/mol. The van der Waals surface area contributed by atoms with Crippen LogP contribution in [-0.2, 0) is 21.2 Å². The minimum Gasteiger partial charge on any atom is -0.356 e. The van der Waals surface area contributed by atoms with Gasteiger partial charge >= 0.3 is 0 Å². The standard InChI is InChI=1S/C13H21N3O3S2.ClH/c1-10(17)15-7-6-12-4-5-13(20-12)21(18,19)16-8-2-3-11(14)9-16;/h4-5,11H,2-3,6-9,14H2,1H3,(H,15,17);1H. The van der Waals surface area contributed by atoms with Gasteiger partial charge in [0.25, 0.3) is 10.0 Å². The predicted octanol–water partition coefficient (Wildman–Crippen LogP) is 0.960. The number of piperidine rings is 1. The summed E-state index contributed by atoms with van der Waals surface area (Å²) >= 11 is 1.26. The summed E-state index contributed by atoms with van der Waals surface area (Å²) in [5.41, 5.74) is 5.86. The summed E-state index contributed by atoms with van der Waals surface area (Å²) in [6.07, 6.45) is 2.32. The number of hydrogen-bond acceptors (Lipinski definition) is 5. The average molecular weight is 368 g/mol. The Morgan fingerprint density at radius 2 is 2.23 bits per heavy atom. The van der Waals surface area contributed by atoms with Crippen molar-refractivity contribution >= 4 is 39.7 Å². The zero-order chi connectivity index (χ0) is 15.5. The average Bonchev–Trinajstić information content (AvgIpc) is 2.88. The molecule has 2 rings (SSSR count). The molecule has 0 spiro atoms. The number of halogens is 1. The molecule has 1 aromatic heterocycles. The van der Waals surface area contributed by atoms with E-state index in [1.165, 1.54) is 22.6 Å². The Morgan fingerprint density at radius 3 is 2.86 bits per heavy atom. The van der Waals surface area contributed by atoms with Gasteiger partial charge in [-0.25, -0.2) is 8.42 Å². The molecule has 1 atom stereocenters. The van der Waals surface area contributed by atoms with Gasteiger partial charge in [-0.05, 0) is 31.4 Å². The summed E-state index contributed by atoms with van der Waals surface area (Å²) < 4.78 is 26.9. The van der Waals surface area contributed by atoms with Crippen LogP contribution in [0.15, 0.2) is 16.3 Å². The van der Waals surface area contributed by atoms with Crippen molar-refractivity contribution in [1.29, 1.82) is 0 Å². The van der Waals surface area contributed by atoms with Crippen molar-refractivity contribution in [2.75, 3.05) is 19.6 Å². The molecule has 6 nitrogen and oxygen atoms in total. The van der Waals surface area contributed by atoms with Gasteiger partial charge < -0.3 is 11.1 Å². The molecule has 1 saturated heterocycles. The lowest BCUT2D eigenvalue weighted by Gasteiger charge is -2.29. The predicted molar refractivity (Wildman–Crippen MR) is 89.9 cm³/mol. The zero-order valence-electron chi connectivity index (χ0n) is 12.4. The number of nitrogens with one attached hydrogen (secondary N) is 1. The van der Waals surface area contributed by atoms with Gasteiger partial charge in [0.15, 0.2) is 0 Å². The number of nitrogens with two attached hydrogens (primary N) is 1. The van der Waals surface area contributed by atoms with Crippen molar-refractivity contribution in [2.45, 2.75) is 36.4 Å². The smallest absolute Gasteiger partial charge is 0.252 e. The van der Waals surface area contributed by atoms with Crippen LogP contribution < -0.4 is 11.1 Å². The fourth-order valence-corrected chi connectivity index (χ4v) is 5.36. The SMILES string of the molecule is CC(=O)NCCc1ccc(S(=O)(=O)N2CCCC(N)C2)s1.Cl. The first-order valence-corrected chi connectivity index (χ1v) is 9.24. The molecule has 1 amide bonds. The largest absolute Gasteiger partial charge is 0.356 e. The summed E-state index contributed by atoms with van der Waals surface area (Å²) in [5.74, 6) is -0.0818. The molecule has 22 heavy (non-hydrogen) atoms. The van der Waals surface area contributed by atoms with E-state index >= 15 is 0 Å². The third-order valence-corrected chi connectivity index (χ3v) is 6.87. The fourth-order valence-electron chi connectivity index (χ4n) is 2.31. The molecule has 9 heteroatoms. The molecule has 2 heterocycles. The van der Waals surface area contributed by atoms with Gasteiger partial charge in [-0.2, -0.15) is 4.31 Å². The van der Waals surface area contributed by atoms with E-state index in [-0.39, 0.29) is 24.4 Å². The van der Waals surface area contributed by atoms with Crippen LogP contribution in [0.1, 0.15) is 24.6 Å². The van der Waals surface area contributed by atoms with E-state index in [1.54, 1.807) is 6.07 Å². The minimum atomic E-state index is -3.43. The number of nitrogens with zero attached hydrogens (tertiary/aromatic N) is 1. The fraction of sp³-hybridized carbons (Fsp3) is 0.615. The molecule has 1 unspecified atom stereocenters. The van der Waals surface area contributed by atoms with E-state index in [0.29, 0.717) is 30.3 Å². The first-order chi connectivity index (χ1) is 9.89. The van der Waals surface area contributed by atoms with E-state index in [2.05, 4.69) is 5.32 Å². The van der Waals surface area contributed by atoms with Gasteiger partial charge in [0.2, 0.25) is 5.91 Å². The maximum absolute atomic E-state index is 12.5. The van der Waals surface area contributed by atoms with Crippen LogP contribution >= 0.6 is 23.7 Å². The van der Waals surface area contributed by atoms with Crippen LogP contribution in [0.3, 0.4) is 0 Å². The Hall–Kier alpha value is -0.670. The lowest BCUT2D eigenvalue weighted by atomic mass is 10.1. The molecule has 1 aliphatic heterocycles. The minimum absolute atomic E-state index is 0. The summed E-state index contributed by atoms with van der Waals surface area (Å²) in [4.78, 5) is 11.8. The molecule has 126 valence electrons. The van der Waals surface area contributed by atoms with Crippen molar-refractivity contribution in [2.24, 2.45) is 5.73 Å². The van der Waals surface area contributed by atoms with E-state index < -0.39 is 10.0 Å². The molecule has 0 aromatic carbocycles. The maximum Gasteiger partial charge on any atom is 0.252 e. The number of carbonyl (C=O) groups excluding carboxylic acids is 1. The highest BCUT2D eigenvalue weighted by Gasteiger charge is 2.29. The number of hydrogen-bond donors (Lipinski definition) is 2. The van der Waals surface area contributed by atoms with Crippen LogP contribution in [0.4, 0.5) is 0 Å². The van der Waals surface area contributed by atoms with Crippen LogP contribution in [0.5, 0.6) is 0 Å². The molecule has 1 fully saturated rings. The Labute approximate surface area is 141 Å². The highest BCUT2D eigenvalue weighted by atomic mass is 35.5. The number of carbonyl (C=O) groups is 1. The molecule has 3 N–H and O–H groups in total. The van der Waals surface area contributed by atoms with E-state index in [4.69, 9.17) is 5.73 Å². The van der Waals surface area contributed by atoms with Crippen molar-refractivity contribution in [3.63, 3.8) is 0 Å². The van der Waals surface area contributed by atoms with Gasteiger partial charge in [-0.1, -0.05) is 0 Å². The molecular formula is C13H22ClN3O3S2. The van der Waals surface area contributed by atoms with Gasteiger partial charge in [0.1, 0.15) is 4.21 Å². The van der Waals surface area contributed by atoms with Gasteiger partial charge in [0.05, 0.1) is 0 Å². The highest BCUT2D eigenvalue weighted by molar-refractivity contribution is 7.91. The van der Waals surface area contributed by atoms with Crippen molar-refractivity contribution < 1.29 is 13.2 Å². The molecule has 1 aliphatic rings. The number of thiophene rings is 1. The van der Waals surface area contributed by atoms with Crippen molar-refractivity contribution in [3.8, 4) is 0 Å². The van der Waals surface area contributed by atoms with E-state index in [9.17, 15) is 13.2 Å². The van der Waals surface area contributed by atoms with Gasteiger partial charge in [-0.15, -0.1) is 23.7 Å². The number of amides is 1. The van der Waals surface area contributed by atoms with Crippen LogP contribution in [-0.4, -0.2) is 44.3 Å². The summed E-state index contributed by atoms with van der Waals surface area (Å²) in [6, 6.07) is 3.37. The first kappa shape index (κ1) is 19.4. The second-order valence-corrected chi connectivity index (χ2v) is 8.55. The van der Waals surface area contributed by atoms with E-state index in [0.717, 1.165) is 17.7 Å². The second kappa shape index (κ2) is 8.26. The topological polar surface area (TPSA) is 92.5 Å². The van der Waals surface area contributed by atoms with Gasteiger partial charge in [0, 0.05) is 37.5 Å². The van der Waals surface area contributed by atoms with E-state index in [1.807, 2.05) is 6.07 Å². The molecule has 1 aromatic rings. The van der Waals surface area contributed by atoms with Crippen molar-refractivity contribution in [1.82, 2.24) is 9.62 Å². The first-order valence-electron chi connectivity index (χ1n) is 6.98. The zero-order valence-corrected chi connectivity index (χ0v) is 14.9. The van der Waals surface area contributed by atoms with Gasteiger partial charge in [-0.3, -0.25) is 4.79 Å². The molecule has 0 saturated carbocycles. The van der Waals surface area contributed by atoms with Crippen LogP contribution in [0, 0.1) is 0 Å². The molecule has 0 bridgehead atoms. The summed E-state index contributed by atoms with van der Waals surface area (Å²) in [5, 5.41) is 2.70.